The molecule has 67 heavy (non-hydrogen) atoms. The Bertz CT molecular complexity index is 2820. The summed E-state index contributed by atoms with van der Waals surface area (Å²) in [7, 11) is 0. The highest BCUT2D eigenvalue weighted by Gasteiger charge is 2.26. The van der Waals surface area contributed by atoms with Gasteiger partial charge in [0.1, 0.15) is 58.0 Å². The molecule has 3 aliphatic heterocycles. The van der Waals surface area contributed by atoms with Crippen molar-refractivity contribution in [2.75, 3.05) is 52.4 Å². The van der Waals surface area contributed by atoms with Gasteiger partial charge in [-0.05, 0) is 67.9 Å². The molecule has 4 amide bonds. The molecule has 23 nitrogen and oxygen atoms in total. The molecule has 12 N–H and O–H groups in total. The van der Waals surface area contributed by atoms with Crippen LogP contribution in [0.1, 0.15) is 98.0 Å². The first-order chi connectivity index (χ1) is 32.0. The zero-order valence-corrected chi connectivity index (χ0v) is 37.8. The number of nitrogens with two attached hydrogens (primary N) is 1. The van der Waals surface area contributed by atoms with Gasteiger partial charge in [-0.1, -0.05) is 43.0 Å². The quantitative estimate of drug-likeness (QED) is 0.0418. The number of nitrogens with one attached hydrogen (secondary N) is 4. The number of nitrogens with zero attached hydrogens (tertiary/aromatic N) is 6. The predicted molar refractivity (Wildman–Crippen MR) is 244 cm³/mol. The summed E-state index contributed by atoms with van der Waals surface area (Å²) in [5.41, 5.74) is 1.15. The first-order valence-corrected chi connectivity index (χ1v) is 22.1. The van der Waals surface area contributed by atoms with Crippen LogP contribution in [0.15, 0.2) is 70.3 Å². The standard InChI is InChI=1S/C42H51N11O12S2/c43-18-2-1-9-26-25-46-37(56)29-16-14-27(39(58)52(29)64)35(54)44-19-7-23-48(41(60)31-10-5-12-33(66)50(31)62)21-3-4-22-49(42(61)32-11-6-13-34(67)51(32)63)24-8-20-45-36(55)28-15-17-30(38(57)47-26)53(65)40(28)59/h5-6,10-17,26,62-65H,1-4,7-9,18-25,43H2,(H4,44,45,46,47,54,55,56,57)/p+2/t26-/m0/s1. The summed E-state index contributed by atoms with van der Waals surface area (Å²) in [5.74, 6) is -4.31. The lowest BCUT2D eigenvalue weighted by atomic mass is 10.1. The Morgan fingerprint density at radius 1 is 0.582 bits per heavy atom. The van der Waals surface area contributed by atoms with Crippen LogP contribution in [-0.2, 0) is 0 Å². The van der Waals surface area contributed by atoms with E-state index in [1.807, 2.05) is 0 Å². The summed E-state index contributed by atoms with van der Waals surface area (Å²) in [6, 6.07) is 12.3. The molecule has 0 spiro atoms. The Kier molecular flexibility index (Phi) is 17.9. The Balaban J connectivity index is 1.47. The summed E-state index contributed by atoms with van der Waals surface area (Å²) >= 11 is 10.3. The number of aliphatic hydroxyl groups is 2. The van der Waals surface area contributed by atoms with Crippen LogP contribution >= 0.6 is 24.4 Å². The number of carbonyl (C=O) groups excluding carboxylic acids is 4. The van der Waals surface area contributed by atoms with Crippen LogP contribution in [0.5, 0.6) is 0 Å². The number of carbonyl (C=O) groups is 4. The monoisotopic (exact) mass is 967 g/mol. The molecule has 1 atom stereocenters. The van der Waals surface area contributed by atoms with E-state index in [2.05, 4.69) is 21.3 Å². The zero-order chi connectivity index (χ0) is 48.8. The van der Waals surface area contributed by atoms with E-state index in [4.69, 9.17) is 30.2 Å². The van der Waals surface area contributed by atoms with E-state index in [0.29, 0.717) is 41.7 Å². The number of hydrogen-bond donors (Lipinski definition) is 11. The summed E-state index contributed by atoms with van der Waals surface area (Å²) in [4.78, 5) is 79.2. The fraction of sp³-hybridized carbons (Fsp3) is 0.381. The predicted octanol–water partition coefficient (Wildman–Crippen LogP) is 0.747. The fourth-order valence-corrected chi connectivity index (χ4v) is 7.44. The van der Waals surface area contributed by atoms with Gasteiger partial charge >= 0.3 is 11.8 Å². The molecule has 0 aromatic carbocycles. The van der Waals surface area contributed by atoms with Gasteiger partial charge in [0, 0.05) is 51.4 Å². The van der Waals surface area contributed by atoms with Crippen molar-refractivity contribution in [2.45, 2.75) is 51.0 Å². The molecule has 0 saturated heterocycles. The minimum atomic E-state index is -1.21. The smallest absolute Gasteiger partial charge is 0.388 e. The van der Waals surface area contributed by atoms with Crippen molar-refractivity contribution in [2.24, 2.45) is 5.73 Å². The van der Waals surface area contributed by atoms with E-state index in [0.717, 1.165) is 24.3 Å². The molecule has 4 bridgehead atoms. The van der Waals surface area contributed by atoms with Gasteiger partial charge in [0.25, 0.3) is 34.7 Å². The molecular formula is C42H53N11O12S2+2. The van der Waals surface area contributed by atoms with Crippen LogP contribution in [-0.4, -0.2) is 153 Å². The number of aromatic nitrogens is 4. The minimum Gasteiger partial charge on any atom is -0.459 e. The average Bonchev–Trinajstić information content (AvgIpc) is 3.30. The molecule has 358 valence electrons. The minimum absolute atomic E-state index is 0.00996. The highest BCUT2D eigenvalue weighted by atomic mass is 32.1. The van der Waals surface area contributed by atoms with Crippen molar-refractivity contribution in [3.05, 3.63) is 125 Å². The Hall–Kier alpha value is -7.38. The summed E-state index contributed by atoms with van der Waals surface area (Å²) in [6.07, 6.45) is 2.41. The fourth-order valence-electron chi connectivity index (χ4n) is 7.08. The van der Waals surface area contributed by atoms with Crippen molar-refractivity contribution < 1.29 is 59.4 Å². The lowest BCUT2D eigenvalue weighted by Gasteiger charge is -2.20. The van der Waals surface area contributed by atoms with Gasteiger partial charge in [0.05, 0.1) is 0 Å². The maximum Gasteiger partial charge on any atom is 0.388 e. The molecule has 0 aliphatic carbocycles. The lowest BCUT2D eigenvalue weighted by Crippen LogP contribution is -2.46. The van der Waals surface area contributed by atoms with Crippen LogP contribution in [0.4, 0.5) is 0 Å². The van der Waals surface area contributed by atoms with Crippen LogP contribution < -0.4 is 38.1 Å². The molecule has 25 heteroatoms. The van der Waals surface area contributed by atoms with Crippen LogP contribution in [0, 0.1) is 9.28 Å². The zero-order valence-electron chi connectivity index (χ0n) is 36.2. The Morgan fingerprint density at radius 2 is 1.03 bits per heavy atom. The highest BCUT2D eigenvalue weighted by molar-refractivity contribution is 7.71. The van der Waals surface area contributed by atoms with Gasteiger partial charge in [-0.15, -0.1) is 9.46 Å². The topological polar surface area (TPSA) is 324 Å². The lowest BCUT2D eigenvalue weighted by molar-refractivity contribution is -0.546. The first kappa shape index (κ1) is 50.6. The summed E-state index contributed by atoms with van der Waals surface area (Å²) in [5, 5.41) is 75.8. The first-order valence-electron chi connectivity index (χ1n) is 21.3. The van der Waals surface area contributed by atoms with Gasteiger partial charge in [-0.25, -0.2) is 0 Å². The number of pyridine rings is 4. The Labute approximate surface area is 391 Å². The van der Waals surface area contributed by atoms with Crippen molar-refractivity contribution in [3.8, 4) is 0 Å². The molecule has 0 fully saturated rings. The van der Waals surface area contributed by atoms with Gasteiger partial charge in [0.2, 0.25) is 0 Å². The SMILES string of the molecule is NCCCC[C@H]1CNC(=O)c2ccc(c(=O)n2O)C(=O)NCCC[N+](=C(O)c2cccc(=S)n2O)CCCC[N+](=C(O)c2cccc(=S)n2O)CCCNC(=O)c2ccc(n(O)c2=O)C(=O)N1. The second kappa shape index (κ2) is 23.7. The molecule has 7 heterocycles. The third kappa shape index (κ3) is 12.7. The third-order valence-electron chi connectivity index (χ3n) is 10.7. The average molecular weight is 968 g/mol. The van der Waals surface area contributed by atoms with E-state index in [1.165, 1.54) is 33.4 Å². The molecule has 0 unspecified atom stereocenters. The third-order valence-corrected chi connectivity index (χ3v) is 11.3. The van der Waals surface area contributed by atoms with Crippen molar-refractivity contribution in [1.82, 2.24) is 40.2 Å². The maximum atomic E-state index is 13.4. The van der Waals surface area contributed by atoms with Crippen molar-refractivity contribution in [3.63, 3.8) is 0 Å². The van der Waals surface area contributed by atoms with Crippen LogP contribution in [0.25, 0.3) is 0 Å². The molecular weight excluding hydrogens is 915 g/mol. The van der Waals surface area contributed by atoms with Crippen molar-refractivity contribution >= 4 is 59.9 Å². The molecule has 0 saturated carbocycles. The number of aliphatic hydroxyl groups excluding tert-OH is 2. The largest absolute Gasteiger partial charge is 0.459 e. The van der Waals surface area contributed by atoms with E-state index in [-0.39, 0.29) is 107 Å². The normalized spacial score (nSPS) is 18.0. The summed E-state index contributed by atoms with van der Waals surface area (Å²) in [6.45, 7) is 0.560. The molecule has 0 radical (unpaired) electrons. The van der Waals surface area contributed by atoms with Gasteiger partial charge in [-0.2, -0.15) is 18.6 Å². The highest BCUT2D eigenvalue weighted by Crippen LogP contribution is 2.09. The van der Waals surface area contributed by atoms with E-state index >= 15 is 0 Å². The number of fused-ring (bicyclic) bond motifs is 2. The van der Waals surface area contributed by atoms with Crippen LogP contribution in [0.2, 0.25) is 0 Å². The van der Waals surface area contributed by atoms with Gasteiger partial charge in [-0.3, -0.25) is 28.8 Å². The van der Waals surface area contributed by atoms with Crippen molar-refractivity contribution in [1.29, 1.82) is 0 Å². The number of hydrogen-bond acceptors (Lipinski definition) is 13. The van der Waals surface area contributed by atoms with Gasteiger partial charge in [0.15, 0.2) is 11.4 Å². The maximum absolute atomic E-state index is 13.4. The Morgan fingerprint density at radius 3 is 1.49 bits per heavy atom. The van der Waals surface area contributed by atoms with E-state index in [1.54, 1.807) is 12.1 Å². The van der Waals surface area contributed by atoms with E-state index in [9.17, 15) is 59.8 Å². The molecule has 3 aliphatic rings. The second-order valence-corrected chi connectivity index (χ2v) is 16.2. The number of unbranched alkanes of at least 4 members (excludes halogenated alkanes) is 1. The number of rotatable bonds is 6. The molecule has 4 aromatic rings. The molecule has 4 aromatic heterocycles. The second-order valence-electron chi connectivity index (χ2n) is 15.3. The van der Waals surface area contributed by atoms with Gasteiger partial charge < -0.3 is 58.0 Å². The number of amides is 4. The summed E-state index contributed by atoms with van der Waals surface area (Å²) < 4.78 is 4.40. The van der Waals surface area contributed by atoms with Crippen LogP contribution in [0.3, 0.4) is 0 Å². The van der Waals surface area contributed by atoms with E-state index < -0.39 is 63.3 Å². The molecule has 7 rings (SSSR count).